The van der Waals surface area contributed by atoms with Crippen molar-refractivity contribution in [3.63, 3.8) is 0 Å². The molecule has 0 bridgehead atoms. The van der Waals surface area contributed by atoms with Gasteiger partial charge in [0.15, 0.2) is 0 Å². The molecule has 2 aromatic carbocycles. The van der Waals surface area contributed by atoms with E-state index in [9.17, 15) is 22.8 Å². The molecule has 0 radical (unpaired) electrons. The van der Waals surface area contributed by atoms with Crippen LogP contribution in [0, 0.1) is 6.92 Å². The number of carbonyl (C=O) groups is 2. The topological polar surface area (TPSA) is 71.1 Å². The summed E-state index contributed by atoms with van der Waals surface area (Å²) in [5, 5.41) is 0.687. The first kappa shape index (κ1) is 21.3. The highest BCUT2D eigenvalue weighted by Gasteiger charge is 2.29. The fraction of sp³-hybridized carbons (Fsp3) is 0.0952. The van der Waals surface area contributed by atoms with Crippen molar-refractivity contribution in [3.8, 4) is 10.6 Å². The summed E-state index contributed by atoms with van der Waals surface area (Å²) < 4.78 is 37.7. The Bertz CT molecular complexity index is 1080. The van der Waals surface area contributed by atoms with Crippen LogP contribution in [0.25, 0.3) is 16.6 Å². The van der Waals surface area contributed by atoms with Gasteiger partial charge in [-0.3, -0.25) is 20.4 Å². The molecule has 1 aromatic heterocycles. The Morgan fingerprint density at radius 3 is 2.30 bits per heavy atom. The third kappa shape index (κ3) is 5.32. The molecule has 5 nitrogen and oxygen atoms in total. The van der Waals surface area contributed by atoms with Gasteiger partial charge in [-0.05, 0) is 30.7 Å². The summed E-state index contributed by atoms with van der Waals surface area (Å²) in [6.45, 7) is 1.70. The quantitative estimate of drug-likeness (QED) is 0.468. The third-order valence-electron chi connectivity index (χ3n) is 3.99. The zero-order chi connectivity index (χ0) is 21.7. The zero-order valence-corrected chi connectivity index (χ0v) is 16.5. The van der Waals surface area contributed by atoms with Crippen molar-refractivity contribution in [2.45, 2.75) is 13.1 Å². The number of hydrogen-bond donors (Lipinski definition) is 2. The Kier molecular flexibility index (Phi) is 6.31. The number of alkyl halides is 3. The van der Waals surface area contributed by atoms with E-state index in [-0.39, 0.29) is 0 Å². The average molecular weight is 431 g/mol. The van der Waals surface area contributed by atoms with Crippen LogP contribution >= 0.6 is 11.3 Å². The maximum Gasteiger partial charge on any atom is 0.416 e. The number of aryl methyl sites for hydroxylation is 1. The number of benzene rings is 2. The molecule has 0 atom stereocenters. The van der Waals surface area contributed by atoms with Gasteiger partial charge in [-0.25, -0.2) is 4.98 Å². The van der Waals surface area contributed by atoms with Gasteiger partial charge < -0.3 is 0 Å². The van der Waals surface area contributed by atoms with Crippen molar-refractivity contribution in [2.75, 3.05) is 0 Å². The molecule has 2 amide bonds. The Labute approximate surface area is 174 Å². The summed E-state index contributed by atoms with van der Waals surface area (Å²) in [4.78, 5) is 29.0. The van der Waals surface area contributed by atoms with E-state index < -0.39 is 23.6 Å². The van der Waals surface area contributed by atoms with Gasteiger partial charge in [-0.1, -0.05) is 42.5 Å². The van der Waals surface area contributed by atoms with Gasteiger partial charge in [0.1, 0.15) is 9.88 Å². The minimum Gasteiger partial charge on any atom is -0.268 e. The molecule has 0 fully saturated rings. The summed E-state index contributed by atoms with van der Waals surface area (Å²) >= 11 is 1.20. The second kappa shape index (κ2) is 8.91. The second-order valence-corrected chi connectivity index (χ2v) is 7.20. The van der Waals surface area contributed by atoms with Gasteiger partial charge in [-0.2, -0.15) is 13.2 Å². The summed E-state index contributed by atoms with van der Waals surface area (Å²) in [5.74, 6) is -1.14. The molecule has 0 aliphatic rings. The number of hydrazine groups is 1. The molecule has 3 aromatic rings. The molecule has 0 unspecified atom stereocenters. The predicted molar refractivity (Wildman–Crippen MR) is 108 cm³/mol. The highest BCUT2D eigenvalue weighted by atomic mass is 32.1. The number of aromatic nitrogens is 1. The van der Waals surface area contributed by atoms with Crippen LogP contribution in [0.5, 0.6) is 0 Å². The van der Waals surface area contributed by atoms with Crippen molar-refractivity contribution < 1.29 is 22.8 Å². The lowest BCUT2D eigenvalue weighted by molar-refractivity contribution is -0.137. The van der Waals surface area contributed by atoms with Gasteiger partial charge in [-0.15, -0.1) is 11.3 Å². The van der Waals surface area contributed by atoms with E-state index in [1.165, 1.54) is 29.5 Å². The van der Waals surface area contributed by atoms with Crippen molar-refractivity contribution >= 4 is 29.2 Å². The first-order valence-corrected chi connectivity index (χ1v) is 9.54. The molecule has 1 heterocycles. The second-order valence-electron chi connectivity index (χ2n) is 6.20. The highest BCUT2D eigenvalue weighted by Crippen LogP contribution is 2.29. The first-order chi connectivity index (χ1) is 14.2. The van der Waals surface area contributed by atoms with Gasteiger partial charge in [0, 0.05) is 11.6 Å². The molecular weight excluding hydrogens is 415 g/mol. The number of amides is 2. The standard InChI is InChI=1S/C21H16F3N3O2S/c1-13-18(30-20(25-13)15-5-3-2-4-6-15)19(29)27-26-17(28)12-9-14-7-10-16(11-8-14)21(22,23)24/h2-12H,1H3,(H,26,28)(H,27,29)/b12-9+. The SMILES string of the molecule is Cc1nc(-c2ccccc2)sc1C(=O)NNC(=O)/C=C/c1ccc(C(F)(F)F)cc1. The zero-order valence-electron chi connectivity index (χ0n) is 15.7. The summed E-state index contributed by atoms with van der Waals surface area (Å²) in [6, 6.07) is 13.7. The van der Waals surface area contributed by atoms with Gasteiger partial charge in [0.05, 0.1) is 11.3 Å². The van der Waals surface area contributed by atoms with Crippen LogP contribution in [-0.4, -0.2) is 16.8 Å². The first-order valence-electron chi connectivity index (χ1n) is 8.72. The van der Waals surface area contributed by atoms with Crippen LogP contribution in [0.3, 0.4) is 0 Å². The summed E-state index contributed by atoms with van der Waals surface area (Å²) in [6.07, 6.45) is -1.97. The smallest absolute Gasteiger partial charge is 0.268 e. The molecule has 30 heavy (non-hydrogen) atoms. The average Bonchev–Trinajstić information content (AvgIpc) is 3.12. The molecule has 154 valence electrons. The van der Waals surface area contributed by atoms with E-state index in [4.69, 9.17) is 0 Å². The molecule has 2 N–H and O–H groups in total. The lowest BCUT2D eigenvalue weighted by Crippen LogP contribution is -2.40. The lowest BCUT2D eigenvalue weighted by atomic mass is 10.1. The number of carbonyl (C=O) groups excluding carboxylic acids is 2. The van der Waals surface area contributed by atoms with E-state index in [0.29, 0.717) is 21.1 Å². The Morgan fingerprint density at radius 1 is 1.00 bits per heavy atom. The minimum atomic E-state index is -4.42. The van der Waals surface area contributed by atoms with Crippen LogP contribution < -0.4 is 10.9 Å². The predicted octanol–water partition coefficient (Wildman–Crippen LogP) is 4.61. The van der Waals surface area contributed by atoms with Crippen LogP contribution in [0.1, 0.15) is 26.5 Å². The Hall–Kier alpha value is -3.46. The molecule has 0 aliphatic heterocycles. The fourth-order valence-corrected chi connectivity index (χ4v) is 3.45. The van der Waals surface area contributed by atoms with Crippen molar-refractivity contribution in [1.82, 2.24) is 15.8 Å². The number of thiazole rings is 1. The number of nitrogens with zero attached hydrogens (tertiary/aromatic N) is 1. The number of halogens is 3. The van der Waals surface area contributed by atoms with E-state index in [2.05, 4.69) is 15.8 Å². The Morgan fingerprint density at radius 2 is 1.67 bits per heavy atom. The largest absolute Gasteiger partial charge is 0.416 e. The van der Waals surface area contributed by atoms with Gasteiger partial charge in [0.25, 0.3) is 11.8 Å². The van der Waals surface area contributed by atoms with Gasteiger partial charge >= 0.3 is 6.18 Å². The monoisotopic (exact) mass is 431 g/mol. The van der Waals surface area contributed by atoms with Gasteiger partial charge in [0.2, 0.25) is 0 Å². The molecule has 9 heteroatoms. The maximum atomic E-state index is 12.6. The van der Waals surface area contributed by atoms with Crippen LogP contribution in [0.2, 0.25) is 0 Å². The highest BCUT2D eigenvalue weighted by molar-refractivity contribution is 7.17. The maximum absolute atomic E-state index is 12.6. The van der Waals surface area contributed by atoms with Crippen LogP contribution in [0.4, 0.5) is 13.2 Å². The van der Waals surface area contributed by atoms with Crippen molar-refractivity contribution in [1.29, 1.82) is 0 Å². The third-order valence-corrected chi connectivity index (χ3v) is 5.19. The molecular formula is C21H16F3N3O2S. The summed E-state index contributed by atoms with van der Waals surface area (Å²) in [5.41, 5.74) is 5.59. The Balaban J connectivity index is 1.58. The molecule has 3 rings (SSSR count). The number of nitrogens with one attached hydrogen (secondary N) is 2. The van der Waals surface area contributed by atoms with Crippen molar-refractivity contribution in [3.05, 3.63) is 82.4 Å². The van der Waals surface area contributed by atoms with E-state index >= 15 is 0 Å². The van der Waals surface area contributed by atoms with Crippen LogP contribution in [-0.2, 0) is 11.0 Å². The lowest BCUT2D eigenvalue weighted by Gasteiger charge is -2.06. The number of hydrogen-bond acceptors (Lipinski definition) is 4. The molecule has 0 saturated carbocycles. The van der Waals surface area contributed by atoms with Crippen molar-refractivity contribution in [2.24, 2.45) is 0 Å². The van der Waals surface area contributed by atoms with E-state index in [0.717, 1.165) is 23.8 Å². The number of rotatable bonds is 4. The van der Waals surface area contributed by atoms with E-state index in [1.54, 1.807) is 6.92 Å². The van der Waals surface area contributed by atoms with Crippen LogP contribution in [0.15, 0.2) is 60.7 Å². The normalized spacial score (nSPS) is 11.5. The molecule has 0 saturated heterocycles. The van der Waals surface area contributed by atoms with E-state index in [1.807, 2.05) is 30.3 Å². The molecule has 0 spiro atoms. The molecule has 0 aliphatic carbocycles. The minimum absolute atomic E-state index is 0.362. The summed E-state index contributed by atoms with van der Waals surface area (Å²) in [7, 11) is 0. The fourth-order valence-electron chi connectivity index (χ4n) is 2.48.